The third-order valence-electron chi connectivity index (χ3n) is 0. The molecule has 2 nitrogen and oxygen atoms in total. The van der Waals surface area contributed by atoms with E-state index >= 15 is 0 Å². The number of alkyl halides is 1. The fourth-order valence-electron chi connectivity index (χ4n) is 0. The van der Waals surface area contributed by atoms with Gasteiger partial charge in [-0.2, -0.15) is 0 Å². The summed E-state index contributed by atoms with van der Waals surface area (Å²) in [5.41, 5.74) is 0. The molecule has 0 fully saturated rings. The van der Waals surface area contributed by atoms with Crippen LogP contribution in [0.5, 0.6) is 0 Å². The molecule has 0 aliphatic rings. The van der Waals surface area contributed by atoms with Gasteiger partial charge in [0, 0.05) is 5.97 Å². The van der Waals surface area contributed by atoms with Crippen LogP contribution >= 0.6 is 15.9 Å². The summed E-state index contributed by atoms with van der Waals surface area (Å²) >= 11 is 3.03. The molecule has 0 aromatic heterocycles. The zero-order valence-corrected chi connectivity index (χ0v) is 9.37. The normalized spacial score (nSPS) is 5.38. The fraction of sp³-hybridized carbons (Fsp3) is 0.500. The van der Waals surface area contributed by atoms with E-state index in [-0.39, 0.29) is 19.5 Å². The molecule has 0 aliphatic heterocycles. The number of aliphatic carboxylic acids is 1. The molecule has 0 aromatic rings. The number of carbonyl (C=O) groups excluding carboxylic acids is 1. The summed E-state index contributed by atoms with van der Waals surface area (Å²) < 4.78 is 0. The van der Waals surface area contributed by atoms with Gasteiger partial charge in [-0.3, -0.25) is 0 Å². The Labute approximate surface area is 70.5 Å². The quantitative estimate of drug-likeness (QED) is 0.334. The third-order valence-corrected chi connectivity index (χ3v) is 0. The van der Waals surface area contributed by atoms with Crippen LogP contribution in [0.25, 0.3) is 0 Å². The maximum absolute atomic E-state index is 8.89. The molecular formula is C4H7BrO2Zn. The number of carboxylic acid groups (broad SMARTS) is 1. The van der Waals surface area contributed by atoms with E-state index in [9.17, 15) is 0 Å². The van der Waals surface area contributed by atoms with Crippen LogP contribution in [-0.2, 0) is 24.3 Å². The van der Waals surface area contributed by atoms with E-state index < -0.39 is 5.97 Å². The molecule has 0 atom stereocenters. The van der Waals surface area contributed by atoms with E-state index in [2.05, 4.69) is 22.9 Å². The Kier molecular flexibility index (Phi) is 31.0. The number of rotatable bonds is 0. The van der Waals surface area contributed by atoms with Crippen molar-refractivity contribution in [3.8, 4) is 0 Å². The van der Waals surface area contributed by atoms with E-state index in [4.69, 9.17) is 9.90 Å². The summed E-state index contributed by atoms with van der Waals surface area (Å²) in [4.78, 5) is 8.89. The van der Waals surface area contributed by atoms with Gasteiger partial charge in [0.05, 0.1) is 0 Å². The Bertz CT molecular complexity index is 45.3. The monoisotopic (exact) mass is 230 g/mol. The number of hydrogen-bond donors (Lipinski definition) is 0. The molecule has 8 heavy (non-hydrogen) atoms. The first-order chi connectivity index (χ1) is 3.15. The molecule has 0 heterocycles. The van der Waals surface area contributed by atoms with E-state index in [1.165, 1.54) is 0 Å². The fourth-order valence-corrected chi connectivity index (χ4v) is 0. The van der Waals surface area contributed by atoms with Gasteiger partial charge in [-0.15, -0.1) is 21.3 Å². The molecule has 0 aliphatic carbocycles. The first-order valence-electron chi connectivity index (χ1n) is 1.68. The number of hydrogen-bond acceptors (Lipinski definition) is 2. The largest absolute Gasteiger partial charge is 2.00 e. The van der Waals surface area contributed by atoms with E-state index in [1.54, 1.807) is 0 Å². The van der Waals surface area contributed by atoms with Crippen molar-refractivity contribution < 1.29 is 29.4 Å². The summed E-state index contributed by atoms with van der Waals surface area (Å²) in [7, 11) is 0. The first kappa shape index (κ1) is 15.8. The van der Waals surface area contributed by atoms with Crippen molar-refractivity contribution in [3.05, 3.63) is 6.92 Å². The molecule has 0 amide bonds. The molecule has 0 spiro atoms. The van der Waals surface area contributed by atoms with Gasteiger partial charge in [-0.1, -0.05) is 0 Å². The second-order valence-electron chi connectivity index (χ2n) is 0.681. The second kappa shape index (κ2) is 15.6. The zero-order valence-electron chi connectivity index (χ0n) is 4.82. The number of carbonyl (C=O) groups is 1. The van der Waals surface area contributed by atoms with Gasteiger partial charge in [0.15, 0.2) is 0 Å². The average molecular weight is 232 g/mol. The Morgan fingerprint density at radius 2 is 1.88 bits per heavy atom. The zero-order chi connectivity index (χ0) is 6.28. The maximum Gasteiger partial charge on any atom is 2.00 e. The maximum atomic E-state index is 8.89. The second-order valence-corrected chi connectivity index (χ2v) is 1.47. The van der Waals surface area contributed by atoms with E-state index in [0.717, 1.165) is 12.3 Å². The summed E-state index contributed by atoms with van der Waals surface area (Å²) in [5, 5.41) is 9.70. The minimum absolute atomic E-state index is 0. The molecule has 0 saturated carbocycles. The predicted molar refractivity (Wildman–Crippen MR) is 29.8 cm³/mol. The smallest absolute Gasteiger partial charge is 0.550 e. The minimum Gasteiger partial charge on any atom is -0.550 e. The van der Waals surface area contributed by atoms with Crippen molar-refractivity contribution in [2.75, 3.05) is 5.33 Å². The van der Waals surface area contributed by atoms with Crippen LogP contribution < -0.4 is 5.11 Å². The van der Waals surface area contributed by atoms with Crippen LogP contribution in [0.3, 0.4) is 0 Å². The first-order valence-corrected chi connectivity index (χ1v) is 2.80. The molecule has 0 rings (SSSR count). The SMILES string of the molecule is CC(=O)[O-].[CH2-]CBr.[Zn+2]. The molecule has 0 aromatic carbocycles. The van der Waals surface area contributed by atoms with E-state index in [0.29, 0.717) is 0 Å². The molecular weight excluding hydrogens is 225 g/mol. The Balaban J connectivity index is -0.0000000575. The van der Waals surface area contributed by atoms with Crippen LogP contribution in [0.15, 0.2) is 0 Å². The van der Waals surface area contributed by atoms with Crippen molar-refractivity contribution in [1.82, 2.24) is 0 Å². The van der Waals surface area contributed by atoms with Crippen molar-refractivity contribution in [2.45, 2.75) is 6.92 Å². The summed E-state index contributed by atoms with van der Waals surface area (Å²) in [5.74, 6) is -1.08. The van der Waals surface area contributed by atoms with Gasteiger partial charge in [0.25, 0.3) is 0 Å². The Morgan fingerprint density at radius 1 is 1.88 bits per heavy atom. The van der Waals surface area contributed by atoms with E-state index in [1.807, 2.05) is 0 Å². The van der Waals surface area contributed by atoms with Gasteiger partial charge in [0.1, 0.15) is 0 Å². The van der Waals surface area contributed by atoms with Crippen LogP contribution in [0, 0.1) is 6.92 Å². The van der Waals surface area contributed by atoms with Gasteiger partial charge in [-0.25, -0.2) is 0 Å². The number of carboxylic acids is 1. The number of halogens is 1. The summed E-state index contributed by atoms with van der Waals surface area (Å²) in [6.45, 7) is 4.38. The third kappa shape index (κ3) is 621. The molecule has 4 heteroatoms. The van der Waals surface area contributed by atoms with Crippen molar-refractivity contribution in [1.29, 1.82) is 0 Å². The van der Waals surface area contributed by atoms with Crippen LogP contribution in [0.2, 0.25) is 0 Å². The topological polar surface area (TPSA) is 40.1 Å². The summed E-state index contributed by atoms with van der Waals surface area (Å²) in [6, 6.07) is 0. The average Bonchev–Trinajstić information content (AvgIpc) is 1.33. The summed E-state index contributed by atoms with van der Waals surface area (Å²) in [6.07, 6.45) is 0. The van der Waals surface area contributed by atoms with Crippen molar-refractivity contribution in [3.63, 3.8) is 0 Å². The van der Waals surface area contributed by atoms with Gasteiger partial charge in [0.2, 0.25) is 0 Å². The Morgan fingerprint density at radius 3 is 1.88 bits per heavy atom. The molecule has 0 unspecified atom stereocenters. The van der Waals surface area contributed by atoms with Gasteiger partial charge in [-0.05, 0) is 6.92 Å². The molecule has 0 bridgehead atoms. The molecule has 0 N–H and O–H groups in total. The standard InChI is InChI=1S/C2H4Br.C2H4O2.Zn/c1-2-3;1-2(3)4;/h1-2H2;1H3,(H,3,4);/q-1;;+2/p-1. The molecule has 0 saturated heterocycles. The van der Waals surface area contributed by atoms with Crippen LogP contribution in [0.1, 0.15) is 6.92 Å². The predicted octanol–water partition coefficient (Wildman–Crippen LogP) is -0.0309. The van der Waals surface area contributed by atoms with Crippen molar-refractivity contribution in [2.24, 2.45) is 0 Å². The van der Waals surface area contributed by atoms with Crippen LogP contribution in [-0.4, -0.2) is 11.3 Å². The van der Waals surface area contributed by atoms with Gasteiger partial charge >= 0.3 is 19.5 Å². The minimum atomic E-state index is -1.08. The van der Waals surface area contributed by atoms with Gasteiger partial charge < -0.3 is 16.8 Å². The van der Waals surface area contributed by atoms with Crippen molar-refractivity contribution >= 4 is 21.9 Å². The molecule has 44 valence electrons. The molecule has 0 radical (unpaired) electrons. The van der Waals surface area contributed by atoms with Crippen LogP contribution in [0.4, 0.5) is 0 Å². The Hall–Kier alpha value is 0.573.